The topological polar surface area (TPSA) is 106 Å². The van der Waals surface area contributed by atoms with Crippen molar-refractivity contribution in [3.05, 3.63) is 10.4 Å². The Labute approximate surface area is 188 Å². The standard InChI is InChI=1S/C20H26F3N7O3/c1-5-6-8-30-14-15(26-18(25-10-12(2)3)28(4)16(14)31)27-19(30)29-9-7-24-11-13(29)33-17(32)20(21,22)23/h12-13,24H,7-11H2,1-4H3,(H,25,26). The van der Waals surface area contributed by atoms with Crippen LogP contribution >= 0.6 is 0 Å². The summed E-state index contributed by atoms with van der Waals surface area (Å²) in [4.78, 5) is 35.0. The Morgan fingerprint density at radius 1 is 1.36 bits per heavy atom. The lowest BCUT2D eigenvalue weighted by Gasteiger charge is -2.36. The van der Waals surface area contributed by atoms with Gasteiger partial charge in [-0.3, -0.25) is 13.9 Å². The Kier molecular flexibility index (Phi) is 7.16. The maximum atomic E-state index is 13.2. The van der Waals surface area contributed by atoms with Crippen molar-refractivity contribution in [3.8, 4) is 11.8 Å². The highest BCUT2D eigenvalue weighted by Gasteiger charge is 2.44. The Balaban J connectivity index is 2.11. The molecule has 0 saturated carbocycles. The van der Waals surface area contributed by atoms with Crippen molar-refractivity contribution in [1.29, 1.82) is 0 Å². The summed E-state index contributed by atoms with van der Waals surface area (Å²) in [5.41, 5.74) is -0.108. The largest absolute Gasteiger partial charge is 0.491 e. The Hall–Kier alpha value is -3.27. The smallest absolute Gasteiger partial charge is 0.433 e. The van der Waals surface area contributed by atoms with Crippen LogP contribution in [0.1, 0.15) is 20.8 Å². The molecule has 0 aromatic carbocycles. The van der Waals surface area contributed by atoms with E-state index in [0.29, 0.717) is 25.0 Å². The van der Waals surface area contributed by atoms with Crippen molar-refractivity contribution >= 4 is 29.0 Å². The number of esters is 1. The van der Waals surface area contributed by atoms with Crippen molar-refractivity contribution in [3.63, 3.8) is 0 Å². The van der Waals surface area contributed by atoms with E-state index in [2.05, 4.69) is 32.4 Å². The van der Waals surface area contributed by atoms with Crippen molar-refractivity contribution < 1.29 is 22.7 Å². The Morgan fingerprint density at radius 2 is 2.09 bits per heavy atom. The lowest BCUT2D eigenvalue weighted by molar-refractivity contribution is -0.205. The van der Waals surface area contributed by atoms with E-state index in [1.165, 1.54) is 14.0 Å². The fraction of sp³-hybridized carbons (Fsp3) is 0.600. The van der Waals surface area contributed by atoms with Gasteiger partial charge >= 0.3 is 12.1 Å². The molecule has 33 heavy (non-hydrogen) atoms. The van der Waals surface area contributed by atoms with Crippen molar-refractivity contribution in [1.82, 2.24) is 24.4 Å². The van der Waals surface area contributed by atoms with Crippen LogP contribution in [-0.4, -0.2) is 63.7 Å². The number of nitrogens with zero attached hydrogens (tertiary/aromatic N) is 5. The number of carbonyl (C=O) groups is 1. The van der Waals surface area contributed by atoms with Crippen LogP contribution in [0.5, 0.6) is 0 Å². The number of nitrogens with one attached hydrogen (secondary N) is 2. The van der Waals surface area contributed by atoms with Gasteiger partial charge in [0.1, 0.15) is 0 Å². The number of piperazine rings is 1. The first-order valence-corrected chi connectivity index (χ1v) is 10.4. The van der Waals surface area contributed by atoms with Gasteiger partial charge < -0.3 is 20.3 Å². The lowest BCUT2D eigenvalue weighted by Crippen LogP contribution is -2.55. The molecule has 0 amide bonds. The van der Waals surface area contributed by atoms with Gasteiger partial charge in [-0.1, -0.05) is 19.8 Å². The molecule has 1 aliphatic rings. The molecule has 180 valence electrons. The zero-order valence-electron chi connectivity index (χ0n) is 18.8. The van der Waals surface area contributed by atoms with E-state index in [1.807, 2.05) is 13.8 Å². The maximum absolute atomic E-state index is 13.2. The second-order valence-electron chi connectivity index (χ2n) is 7.93. The van der Waals surface area contributed by atoms with Crippen molar-refractivity contribution in [2.45, 2.75) is 39.7 Å². The Bertz CT molecular complexity index is 1140. The molecule has 0 radical (unpaired) electrons. The van der Waals surface area contributed by atoms with Gasteiger partial charge in [-0.05, 0) is 12.8 Å². The summed E-state index contributed by atoms with van der Waals surface area (Å²) >= 11 is 0. The fourth-order valence-electron chi connectivity index (χ4n) is 3.33. The molecule has 2 N–H and O–H groups in total. The molecule has 0 aliphatic carbocycles. The van der Waals surface area contributed by atoms with Crippen LogP contribution in [0.4, 0.5) is 25.1 Å². The van der Waals surface area contributed by atoms with E-state index in [0.717, 1.165) is 0 Å². The molecule has 3 heterocycles. The number of imidazole rings is 1. The average Bonchev–Trinajstić information content (AvgIpc) is 3.11. The second-order valence-corrected chi connectivity index (χ2v) is 7.93. The molecule has 10 nitrogen and oxygen atoms in total. The van der Waals surface area contributed by atoms with Gasteiger partial charge in [0.15, 0.2) is 17.4 Å². The number of carbonyl (C=O) groups excluding carboxylic acids is 1. The summed E-state index contributed by atoms with van der Waals surface area (Å²) in [5, 5.41) is 6.01. The number of ether oxygens (including phenoxy) is 1. The van der Waals surface area contributed by atoms with E-state index in [9.17, 15) is 22.8 Å². The van der Waals surface area contributed by atoms with Crippen molar-refractivity contribution in [2.24, 2.45) is 13.0 Å². The Morgan fingerprint density at radius 3 is 2.73 bits per heavy atom. The molecule has 1 fully saturated rings. The third-order valence-electron chi connectivity index (χ3n) is 4.98. The van der Waals surface area contributed by atoms with Gasteiger partial charge in [0.05, 0.1) is 13.1 Å². The minimum Gasteiger partial charge on any atom is -0.433 e. The highest BCUT2D eigenvalue weighted by molar-refractivity contribution is 5.77. The quantitative estimate of drug-likeness (QED) is 0.478. The third-order valence-corrected chi connectivity index (χ3v) is 4.98. The summed E-state index contributed by atoms with van der Waals surface area (Å²) in [7, 11) is 1.57. The predicted molar refractivity (Wildman–Crippen MR) is 116 cm³/mol. The number of rotatable bonds is 6. The fourth-order valence-corrected chi connectivity index (χ4v) is 3.33. The van der Waals surface area contributed by atoms with Gasteiger partial charge in [0, 0.05) is 26.7 Å². The zero-order chi connectivity index (χ0) is 24.3. The van der Waals surface area contributed by atoms with Gasteiger partial charge in [0.25, 0.3) is 5.56 Å². The number of hydrogen-bond donors (Lipinski definition) is 2. The molecule has 13 heteroatoms. The van der Waals surface area contributed by atoms with Gasteiger partial charge in [0.2, 0.25) is 11.9 Å². The lowest BCUT2D eigenvalue weighted by atomic mass is 10.2. The van der Waals surface area contributed by atoms with E-state index in [1.54, 1.807) is 14.0 Å². The van der Waals surface area contributed by atoms with Gasteiger partial charge in [-0.25, -0.2) is 4.79 Å². The monoisotopic (exact) mass is 469 g/mol. The SMILES string of the molecule is CC#CCn1c(N2CCNCC2OC(=O)C(F)(F)F)nc2nc(NCC(C)C)n(C)c(=O)c21. The molecule has 1 aliphatic heterocycles. The molecular formula is C20H26F3N7O3. The van der Waals surface area contributed by atoms with Crippen LogP contribution in [0.2, 0.25) is 0 Å². The zero-order valence-corrected chi connectivity index (χ0v) is 18.8. The molecule has 3 rings (SSSR count). The predicted octanol–water partition coefficient (Wildman–Crippen LogP) is 1.06. The molecule has 2 aromatic rings. The van der Waals surface area contributed by atoms with Crippen LogP contribution < -0.4 is 21.1 Å². The highest BCUT2D eigenvalue weighted by Crippen LogP contribution is 2.25. The first kappa shape index (κ1) is 24.4. The van der Waals surface area contributed by atoms with Crippen LogP contribution in [-0.2, 0) is 23.1 Å². The maximum Gasteiger partial charge on any atom is 0.491 e. The second kappa shape index (κ2) is 9.70. The number of fused-ring (bicyclic) bond motifs is 1. The van der Waals surface area contributed by atoms with E-state index >= 15 is 0 Å². The summed E-state index contributed by atoms with van der Waals surface area (Å²) in [6.45, 7) is 6.83. The van der Waals surface area contributed by atoms with Crippen LogP contribution in [0.25, 0.3) is 11.2 Å². The van der Waals surface area contributed by atoms with Crippen molar-refractivity contribution in [2.75, 3.05) is 36.4 Å². The van der Waals surface area contributed by atoms with Gasteiger partial charge in [-0.15, -0.1) is 5.92 Å². The van der Waals surface area contributed by atoms with Gasteiger partial charge in [-0.2, -0.15) is 23.1 Å². The average molecular weight is 469 g/mol. The summed E-state index contributed by atoms with van der Waals surface area (Å²) in [6, 6.07) is 0. The summed E-state index contributed by atoms with van der Waals surface area (Å²) in [6.07, 6.45) is -6.41. The highest BCUT2D eigenvalue weighted by atomic mass is 19.4. The first-order chi connectivity index (χ1) is 15.5. The molecule has 1 atom stereocenters. The number of halogens is 3. The summed E-state index contributed by atoms with van der Waals surface area (Å²) in [5.74, 6) is 4.07. The van der Waals surface area contributed by atoms with Crippen LogP contribution in [0.3, 0.4) is 0 Å². The minimum absolute atomic E-state index is 0.0445. The molecule has 1 saturated heterocycles. The third kappa shape index (κ3) is 5.22. The molecule has 0 spiro atoms. The summed E-state index contributed by atoms with van der Waals surface area (Å²) < 4.78 is 46.0. The number of anilines is 2. The normalized spacial score (nSPS) is 16.6. The molecular weight excluding hydrogens is 443 g/mol. The molecule has 0 bridgehead atoms. The van der Waals surface area contributed by atoms with Crippen LogP contribution in [0, 0.1) is 17.8 Å². The number of hydrogen-bond acceptors (Lipinski definition) is 8. The molecule has 2 aromatic heterocycles. The number of alkyl halides is 3. The van der Waals surface area contributed by atoms with E-state index in [4.69, 9.17) is 4.74 Å². The first-order valence-electron chi connectivity index (χ1n) is 10.4. The molecule has 1 unspecified atom stereocenters. The van der Waals surface area contributed by atoms with E-state index in [-0.39, 0.29) is 42.3 Å². The number of aromatic nitrogens is 4. The van der Waals surface area contributed by atoms with E-state index < -0.39 is 18.4 Å². The van der Waals surface area contributed by atoms with Crippen LogP contribution in [0.15, 0.2) is 4.79 Å². The minimum atomic E-state index is -5.13.